The number of hydrogen-bond donors (Lipinski definition) is 1. The molecule has 1 aliphatic rings. The van der Waals surface area contributed by atoms with E-state index in [0.29, 0.717) is 30.2 Å². The molecule has 1 heterocycles. The van der Waals surface area contributed by atoms with Crippen molar-refractivity contribution in [3.05, 3.63) is 52.5 Å². The lowest BCUT2D eigenvalue weighted by atomic mass is 10.2. The smallest absolute Gasteiger partial charge is 0.255 e. The molecule has 0 aromatic heterocycles. The maximum atomic E-state index is 12.3. The Balaban J connectivity index is 1.82. The number of benzene rings is 2. The van der Waals surface area contributed by atoms with E-state index in [0.717, 1.165) is 10.2 Å². The van der Waals surface area contributed by atoms with Crippen molar-refractivity contribution in [1.82, 2.24) is 0 Å². The largest absolute Gasteiger partial charge is 0.489 e. The quantitative estimate of drug-likeness (QED) is 0.875. The van der Waals surface area contributed by atoms with E-state index in [2.05, 4.69) is 21.2 Å². The zero-order chi connectivity index (χ0) is 16.4. The van der Waals surface area contributed by atoms with Crippen LogP contribution in [-0.4, -0.2) is 25.0 Å². The summed E-state index contributed by atoms with van der Waals surface area (Å²) in [5.41, 5.74) is 1.91. The number of fused-ring (bicyclic) bond motifs is 1. The Kier molecular flexibility index (Phi) is 4.34. The molecule has 5 nitrogen and oxygen atoms in total. The van der Waals surface area contributed by atoms with Crippen molar-refractivity contribution >= 4 is 39.1 Å². The monoisotopic (exact) mass is 374 g/mol. The van der Waals surface area contributed by atoms with Gasteiger partial charge in [0.1, 0.15) is 12.4 Å². The van der Waals surface area contributed by atoms with Gasteiger partial charge in [0.15, 0.2) is 0 Å². The van der Waals surface area contributed by atoms with Crippen LogP contribution in [0.25, 0.3) is 0 Å². The third-order valence-corrected chi connectivity index (χ3v) is 4.04. The van der Waals surface area contributed by atoms with Crippen molar-refractivity contribution < 1.29 is 14.3 Å². The number of nitrogens with one attached hydrogen (secondary N) is 1. The van der Waals surface area contributed by atoms with Gasteiger partial charge in [0.2, 0.25) is 5.91 Å². The highest BCUT2D eigenvalue weighted by molar-refractivity contribution is 9.10. The van der Waals surface area contributed by atoms with Gasteiger partial charge in [0.05, 0.1) is 12.2 Å². The Morgan fingerprint density at radius 2 is 2.04 bits per heavy atom. The lowest BCUT2D eigenvalue weighted by Crippen LogP contribution is -2.36. The van der Waals surface area contributed by atoms with Gasteiger partial charge >= 0.3 is 0 Å². The Bertz CT molecular complexity index is 776. The molecule has 6 heteroatoms. The second kappa shape index (κ2) is 6.42. The van der Waals surface area contributed by atoms with Gasteiger partial charge in [-0.25, -0.2) is 0 Å². The van der Waals surface area contributed by atoms with Crippen LogP contribution < -0.4 is 15.0 Å². The van der Waals surface area contributed by atoms with E-state index < -0.39 is 0 Å². The Morgan fingerprint density at radius 3 is 2.78 bits per heavy atom. The third kappa shape index (κ3) is 3.37. The molecule has 2 amide bonds. The van der Waals surface area contributed by atoms with Crippen LogP contribution in [0.15, 0.2) is 46.9 Å². The molecule has 0 saturated carbocycles. The number of nitrogens with zero attached hydrogens (tertiary/aromatic N) is 1. The van der Waals surface area contributed by atoms with Crippen LogP contribution in [0.2, 0.25) is 0 Å². The number of amides is 2. The van der Waals surface area contributed by atoms with E-state index in [4.69, 9.17) is 4.74 Å². The second-order valence-corrected chi connectivity index (χ2v) is 6.08. The van der Waals surface area contributed by atoms with Crippen molar-refractivity contribution in [2.24, 2.45) is 0 Å². The molecular formula is C17H15BrN2O3. The van der Waals surface area contributed by atoms with E-state index in [1.807, 2.05) is 6.07 Å². The topological polar surface area (TPSA) is 58.6 Å². The van der Waals surface area contributed by atoms with Gasteiger partial charge in [-0.3, -0.25) is 9.59 Å². The number of rotatable bonds is 2. The van der Waals surface area contributed by atoms with E-state index >= 15 is 0 Å². The molecule has 0 saturated heterocycles. The molecule has 0 spiro atoms. The van der Waals surface area contributed by atoms with Gasteiger partial charge in [-0.1, -0.05) is 22.0 Å². The maximum absolute atomic E-state index is 12.3. The number of anilines is 2. The molecule has 118 valence electrons. The number of ether oxygens (including phenoxy) is 1. The average Bonchev–Trinajstić information content (AvgIpc) is 2.54. The summed E-state index contributed by atoms with van der Waals surface area (Å²) < 4.78 is 6.44. The van der Waals surface area contributed by atoms with Gasteiger partial charge < -0.3 is 15.0 Å². The molecule has 1 aliphatic heterocycles. The number of halogens is 1. The minimum atomic E-state index is -0.203. The minimum Gasteiger partial charge on any atom is -0.489 e. The second-order valence-electron chi connectivity index (χ2n) is 5.17. The first-order valence-corrected chi connectivity index (χ1v) is 7.96. The zero-order valence-corrected chi connectivity index (χ0v) is 14.1. The predicted molar refractivity (Wildman–Crippen MR) is 92.1 cm³/mol. The molecule has 2 aromatic rings. The highest BCUT2D eigenvalue weighted by atomic mass is 79.9. The van der Waals surface area contributed by atoms with E-state index in [9.17, 15) is 9.59 Å². The van der Waals surface area contributed by atoms with Crippen LogP contribution in [-0.2, 0) is 4.79 Å². The summed E-state index contributed by atoms with van der Waals surface area (Å²) in [6.45, 7) is 2.50. The van der Waals surface area contributed by atoms with Crippen molar-refractivity contribution in [3.63, 3.8) is 0 Å². The molecule has 0 atom stereocenters. The van der Waals surface area contributed by atoms with Crippen LogP contribution >= 0.6 is 15.9 Å². The standard InChI is InChI=1S/C17H15BrN2O3/c1-11(21)20-7-8-23-16-10-14(5-6-15(16)20)19-17(22)12-3-2-4-13(18)9-12/h2-6,9-10H,7-8H2,1H3,(H,19,22). The summed E-state index contributed by atoms with van der Waals surface area (Å²) in [6.07, 6.45) is 0. The average molecular weight is 375 g/mol. The van der Waals surface area contributed by atoms with Crippen LogP contribution in [0.4, 0.5) is 11.4 Å². The van der Waals surface area contributed by atoms with E-state index in [1.165, 1.54) is 6.92 Å². The van der Waals surface area contributed by atoms with Gasteiger partial charge in [-0.05, 0) is 30.3 Å². The molecule has 23 heavy (non-hydrogen) atoms. The zero-order valence-electron chi connectivity index (χ0n) is 12.5. The molecule has 0 radical (unpaired) electrons. The fourth-order valence-corrected chi connectivity index (χ4v) is 2.86. The Morgan fingerprint density at radius 1 is 1.22 bits per heavy atom. The van der Waals surface area contributed by atoms with E-state index in [-0.39, 0.29) is 11.8 Å². The lowest BCUT2D eigenvalue weighted by molar-refractivity contribution is -0.116. The molecule has 0 fully saturated rings. The first-order valence-electron chi connectivity index (χ1n) is 7.16. The molecule has 3 rings (SSSR count). The lowest BCUT2D eigenvalue weighted by Gasteiger charge is -2.29. The van der Waals surface area contributed by atoms with Crippen LogP contribution in [0, 0.1) is 0 Å². The summed E-state index contributed by atoms with van der Waals surface area (Å²) in [4.78, 5) is 25.6. The third-order valence-electron chi connectivity index (χ3n) is 3.55. The number of hydrogen-bond acceptors (Lipinski definition) is 3. The SMILES string of the molecule is CC(=O)N1CCOc2cc(NC(=O)c3cccc(Br)c3)ccc21. The highest BCUT2D eigenvalue weighted by Gasteiger charge is 2.21. The van der Waals surface area contributed by atoms with Crippen LogP contribution in [0.1, 0.15) is 17.3 Å². The summed E-state index contributed by atoms with van der Waals surface area (Å²) >= 11 is 3.35. The molecule has 1 N–H and O–H groups in total. The normalized spacial score (nSPS) is 13.0. The molecule has 0 bridgehead atoms. The van der Waals surface area contributed by atoms with Gasteiger partial charge in [0, 0.05) is 28.7 Å². The van der Waals surface area contributed by atoms with Crippen molar-refractivity contribution in [2.45, 2.75) is 6.92 Å². The predicted octanol–water partition coefficient (Wildman–Crippen LogP) is 3.45. The fourth-order valence-electron chi connectivity index (χ4n) is 2.46. The maximum Gasteiger partial charge on any atom is 0.255 e. The molecule has 2 aromatic carbocycles. The number of carbonyl (C=O) groups excluding carboxylic acids is 2. The van der Waals surface area contributed by atoms with Gasteiger partial charge in [-0.15, -0.1) is 0 Å². The Hall–Kier alpha value is -2.34. The summed E-state index contributed by atoms with van der Waals surface area (Å²) in [5, 5.41) is 2.84. The first-order chi connectivity index (χ1) is 11.0. The molecule has 0 aliphatic carbocycles. The van der Waals surface area contributed by atoms with Gasteiger partial charge in [0.25, 0.3) is 5.91 Å². The summed E-state index contributed by atoms with van der Waals surface area (Å²) in [7, 11) is 0. The number of carbonyl (C=O) groups is 2. The fraction of sp³-hybridized carbons (Fsp3) is 0.176. The Labute approximate surface area is 142 Å². The van der Waals surface area contributed by atoms with Crippen molar-refractivity contribution in [1.29, 1.82) is 0 Å². The highest BCUT2D eigenvalue weighted by Crippen LogP contribution is 2.34. The minimum absolute atomic E-state index is 0.0273. The summed E-state index contributed by atoms with van der Waals surface area (Å²) in [6, 6.07) is 12.4. The molecular weight excluding hydrogens is 360 g/mol. The molecule has 0 unspecified atom stereocenters. The van der Waals surface area contributed by atoms with E-state index in [1.54, 1.807) is 41.3 Å². The van der Waals surface area contributed by atoms with Gasteiger partial charge in [-0.2, -0.15) is 0 Å². The van der Waals surface area contributed by atoms with Crippen LogP contribution in [0.3, 0.4) is 0 Å². The van der Waals surface area contributed by atoms with Crippen molar-refractivity contribution in [2.75, 3.05) is 23.4 Å². The summed E-state index contributed by atoms with van der Waals surface area (Å²) in [5.74, 6) is 0.365. The van der Waals surface area contributed by atoms with Crippen LogP contribution in [0.5, 0.6) is 5.75 Å². The first kappa shape index (κ1) is 15.6. The van der Waals surface area contributed by atoms with Crippen molar-refractivity contribution in [3.8, 4) is 5.75 Å².